The molecule has 0 aliphatic carbocycles. The number of rotatable bonds is 2. The molecule has 0 amide bonds. The summed E-state index contributed by atoms with van der Waals surface area (Å²) in [5.41, 5.74) is 3.05. The number of nitriles is 1. The summed E-state index contributed by atoms with van der Waals surface area (Å²) in [5.74, 6) is 0. The Kier molecular flexibility index (Phi) is 3.41. The molecule has 0 aliphatic rings. The van der Waals surface area contributed by atoms with Crippen molar-refractivity contribution in [2.24, 2.45) is 7.05 Å². The first-order chi connectivity index (χ1) is 12.4. The van der Waals surface area contributed by atoms with Crippen molar-refractivity contribution < 1.29 is 0 Å². The first kappa shape index (κ1) is 16.0. The minimum Gasteiger partial charge on any atom is -0.293 e. The fraction of sp³-hybridized carbons (Fsp3) is 0.200. The second-order valence-corrected chi connectivity index (χ2v) is 6.81. The zero-order valence-corrected chi connectivity index (χ0v) is 14.8. The van der Waals surface area contributed by atoms with Gasteiger partial charge in [-0.05, 0) is 49.2 Å². The van der Waals surface area contributed by atoms with Gasteiger partial charge in [0.15, 0.2) is 0 Å². The van der Waals surface area contributed by atoms with Crippen LogP contribution in [0.1, 0.15) is 13.8 Å². The minimum absolute atomic E-state index is 0.227. The number of hydrogen-bond acceptors (Lipinski definition) is 4. The molecule has 0 spiro atoms. The monoisotopic (exact) mass is 343 g/mol. The van der Waals surface area contributed by atoms with Crippen LogP contribution in [0.5, 0.6) is 0 Å². The van der Waals surface area contributed by atoms with Crippen LogP contribution in [-0.2, 0) is 12.6 Å². The Morgan fingerprint density at radius 1 is 1.12 bits per heavy atom. The lowest BCUT2D eigenvalue weighted by Crippen LogP contribution is -2.35. The molecule has 3 aromatic heterocycles. The lowest BCUT2D eigenvalue weighted by atomic mass is 10.0. The molecule has 0 aliphatic heterocycles. The molecule has 4 aromatic rings. The highest BCUT2D eigenvalue weighted by Gasteiger charge is 2.27. The van der Waals surface area contributed by atoms with E-state index in [4.69, 9.17) is 0 Å². The van der Waals surface area contributed by atoms with E-state index in [1.165, 1.54) is 0 Å². The van der Waals surface area contributed by atoms with Crippen LogP contribution in [0.15, 0.2) is 53.7 Å². The zero-order valence-electron chi connectivity index (χ0n) is 14.8. The molecule has 6 heteroatoms. The predicted molar refractivity (Wildman–Crippen MR) is 101 cm³/mol. The second kappa shape index (κ2) is 5.53. The summed E-state index contributed by atoms with van der Waals surface area (Å²) >= 11 is 0. The van der Waals surface area contributed by atoms with Crippen LogP contribution in [0.2, 0.25) is 0 Å². The van der Waals surface area contributed by atoms with E-state index in [-0.39, 0.29) is 5.69 Å². The molecule has 128 valence electrons. The highest BCUT2D eigenvalue weighted by Crippen LogP contribution is 2.30. The molecule has 0 atom stereocenters. The van der Waals surface area contributed by atoms with Gasteiger partial charge in [-0.15, -0.1) is 0 Å². The Balaban J connectivity index is 2.16. The van der Waals surface area contributed by atoms with Gasteiger partial charge >= 0.3 is 5.69 Å². The van der Waals surface area contributed by atoms with E-state index in [2.05, 4.69) is 16.0 Å². The number of benzene rings is 1. The van der Waals surface area contributed by atoms with E-state index in [9.17, 15) is 10.1 Å². The van der Waals surface area contributed by atoms with Gasteiger partial charge in [0.1, 0.15) is 5.54 Å². The molecule has 1 aromatic carbocycles. The quantitative estimate of drug-likeness (QED) is 0.560. The average Bonchev–Trinajstić information content (AvgIpc) is 2.94. The molecule has 0 saturated carbocycles. The van der Waals surface area contributed by atoms with E-state index in [0.717, 1.165) is 27.5 Å². The van der Waals surface area contributed by atoms with Crippen molar-refractivity contribution in [3.8, 4) is 17.2 Å². The highest BCUT2D eigenvalue weighted by atomic mass is 16.1. The summed E-state index contributed by atoms with van der Waals surface area (Å²) in [5, 5.41) is 10.4. The summed E-state index contributed by atoms with van der Waals surface area (Å²) in [6.07, 6.45) is 5.18. The average molecular weight is 343 g/mol. The Labute approximate surface area is 150 Å². The van der Waals surface area contributed by atoms with Gasteiger partial charge in [-0.3, -0.25) is 19.1 Å². The number of aromatic nitrogens is 4. The van der Waals surface area contributed by atoms with Gasteiger partial charge in [-0.2, -0.15) is 5.26 Å². The number of pyridine rings is 2. The third-order valence-electron chi connectivity index (χ3n) is 4.73. The SMILES string of the molecule is Cn1c(=O)n(C(C)(C)C#N)c2c3cc(-c4ccncc4)ccc3ncc21. The topological polar surface area (TPSA) is 76.5 Å². The van der Waals surface area contributed by atoms with Crippen molar-refractivity contribution in [1.29, 1.82) is 5.26 Å². The minimum atomic E-state index is -0.975. The van der Waals surface area contributed by atoms with Crippen LogP contribution >= 0.6 is 0 Å². The van der Waals surface area contributed by atoms with Crippen LogP contribution in [0.4, 0.5) is 0 Å². The maximum Gasteiger partial charge on any atom is 0.330 e. The van der Waals surface area contributed by atoms with Crippen LogP contribution in [-0.4, -0.2) is 19.1 Å². The molecule has 4 rings (SSSR count). The molecule has 0 N–H and O–H groups in total. The van der Waals surface area contributed by atoms with E-state index < -0.39 is 5.54 Å². The normalized spacial score (nSPS) is 11.8. The van der Waals surface area contributed by atoms with Gasteiger partial charge in [0.2, 0.25) is 0 Å². The van der Waals surface area contributed by atoms with Gasteiger partial charge in [0, 0.05) is 24.8 Å². The number of aryl methyl sites for hydroxylation is 1. The first-order valence-electron chi connectivity index (χ1n) is 8.26. The maximum atomic E-state index is 12.8. The molecule has 0 saturated heterocycles. The van der Waals surface area contributed by atoms with Gasteiger partial charge in [-0.25, -0.2) is 4.79 Å². The molecule has 0 bridgehead atoms. The van der Waals surface area contributed by atoms with Crippen molar-refractivity contribution in [1.82, 2.24) is 19.1 Å². The number of imidazole rings is 1. The highest BCUT2D eigenvalue weighted by molar-refractivity contribution is 6.04. The summed E-state index contributed by atoms with van der Waals surface area (Å²) < 4.78 is 3.10. The smallest absolute Gasteiger partial charge is 0.293 e. The lowest BCUT2D eigenvalue weighted by molar-refractivity contribution is 0.461. The van der Waals surface area contributed by atoms with Gasteiger partial charge in [0.25, 0.3) is 0 Å². The second-order valence-electron chi connectivity index (χ2n) is 6.81. The predicted octanol–water partition coefficient (Wildman–Crippen LogP) is 3.21. The van der Waals surface area contributed by atoms with Gasteiger partial charge in [0.05, 0.1) is 28.8 Å². The molecular formula is C20H17N5O. The Hall–Kier alpha value is -3.46. The van der Waals surface area contributed by atoms with E-state index >= 15 is 0 Å². The van der Waals surface area contributed by atoms with E-state index in [0.29, 0.717) is 5.52 Å². The molecule has 0 unspecified atom stereocenters. The van der Waals surface area contributed by atoms with Crippen molar-refractivity contribution in [3.05, 3.63) is 59.4 Å². The van der Waals surface area contributed by atoms with Crippen LogP contribution in [0.25, 0.3) is 33.1 Å². The lowest BCUT2D eigenvalue weighted by Gasteiger charge is -2.18. The number of nitrogens with zero attached hydrogens (tertiary/aromatic N) is 5. The molecule has 26 heavy (non-hydrogen) atoms. The number of fused-ring (bicyclic) bond motifs is 3. The summed E-state index contributed by atoms with van der Waals surface area (Å²) in [7, 11) is 1.70. The zero-order chi connectivity index (χ0) is 18.5. The Bertz CT molecular complexity index is 1240. The van der Waals surface area contributed by atoms with Crippen molar-refractivity contribution in [2.75, 3.05) is 0 Å². The van der Waals surface area contributed by atoms with Crippen LogP contribution in [0.3, 0.4) is 0 Å². The third-order valence-corrected chi connectivity index (χ3v) is 4.73. The van der Waals surface area contributed by atoms with Crippen molar-refractivity contribution >= 4 is 21.9 Å². The van der Waals surface area contributed by atoms with Crippen LogP contribution < -0.4 is 5.69 Å². The number of hydrogen-bond donors (Lipinski definition) is 0. The molecule has 0 radical (unpaired) electrons. The first-order valence-corrected chi connectivity index (χ1v) is 8.26. The Morgan fingerprint density at radius 2 is 1.85 bits per heavy atom. The third kappa shape index (κ3) is 2.21. The van der Waals surface area contributed by atoms with Crippen LogP contribution in [0, 0.1) is 11.3 Å². The fourth-order valence-electron chi connectivity index (χ4n) is 3.29. The summed E-state index contributed by atoms with van der Waals surface area (Å²) in [6, 6.07) is 12.1. The summed E-state index contributed by atoms with van der Waals surface area (Å²) in [4.78, 5) is 21.4. The van der Waals surface area contributed by atoms with Crippen molar-refractivity contribution in [2.45, 2.75) is 19.4 Å². The Morgan fingerprint density at radius 3 is 2.54 bits per heavy atom. The fourth-order valence-corrected chi connectivity index (χ4v) is 3.29. The van der Waals surface area contributed by atoms with Crippen molar-refractivity contribution in [3.63, 3.8) is 0 Å². The molecule has 0 fully saturated rings. The van der Waals surface area contributed by atoms with Gasteiger partial charge in [-0.1, -0.05) is 6.07 Å². The molecule has 6 nitrogen and oxygen atoms in total. The van der Waals surface area contributed by atoms with E-state index in [1.807, 2.05) is 30.3 Å². The molecule has 3 heterocycles. The largest absolute Gasteiger partial charge is 0.330 e. The standard InChI is InChI=1S/C20H17N5O/c1-20(2,12-21)25-18-15-10-14(13-6-8-22-9-7-13)4-5-16(15)23-11-17(18)24(3)19(25)26/h4-11H,1-3H3. The maximum absolute atomic E-state index is 12.8. The van der Waals surface area contributed by atoms with E-state index in [1.54, 1.807) is 48.6 Å². The van der Waals surface area contributed by atoms with Gasteiger partial charge < -0.3 is 0 Å². The molecular weight excluding hydrogens is 326 g/mol. The summed E-state index contributed by atoms with van der Waals surface area (Å²) in [6.45, 7) is 3.49.